The number of aromatic nitrogens is 3. The summed E-state index contributed by atoms with van der Waals surface area (Å²) in [6.07, 6.45) is 3.32. The van der Waals surface area contributed by atoms with E-state index < -0.39 is 0 Å². The lowest BCUT2D eigenvalue weighted by molar-refractivity contribution is 0.0750. The zero-order valence-electron chi connectivity index (χ0n) is 16.5. The fraction of sp³-hybridized carbons (Fsp3) is 0.364. The van der Waals surface area contributed by atoms with Gasteiger partial charge in [-0.2, -0.15) is 5.10 Å². The number of carbonyl (C=O) groups is 1. The van der Waals surface area contributed by atoms with Gasteiger partial charge in [-0.15, -0.1) is 16.4 Å². The van der Waals surface area contributed by atoms with Gasteiger partial charge in [-0.25, -0.2) is 4.98 Å². The van der Waals surface area contributed by atoms with Crippen LogP contribution in [0.1, 0.15) is 33.0 Å². The number of anilines is 1. The summed E-state index contributed by atoms with van der Waals surface area (Å²) in [5, 5.41) is 9.72. The maximum Gasteiger partial charge on any atom is 0.265 e. The Hall–Kier alpha value is -2.80. The van der Waals surface area contributed by atoms with Crippen LogP contribution in [0.4, 0.5) is 5.82 Å². The highest BCUT2D eigenvalue weighted by Gasteiger charge is 2.27. The van der Waals surface area contributed by atoms with Crippen molar-refractivity contribution in [2.24, 2.45) is 0 Å². The monoisotopic (exact) mass is 405 g/mol. The molecular formula is C22H23N5OS. The summed E-state index contributed by atoms with van der Waals surface area (Å²) in [5.41, 5.74) is 4.35. The van der Waals surface area contributed by atoms with E-state index in [-0.39, 0.29) is 5.91 Å². The number of benzene rings is 1. The van der Waals surface area contributed by atoms with E-state index in [4.69, 9.17) is 0 Å². The van der Waals surface area contributed by atoms with E-state index in [1.807, 2.05) is 42.2 Å². The lowest BCUT2D eigenvalue weighted by atomic mass is 10.2. The quantitative estimate of drug-likeness (QED) is 0.669. The van der Waals surface area contributed by atoms with Gasteiger partial charge in [0, 0.05) is 31.7 Å². The van der Waals surface area contributed by atoms with Crippen LogP contribution < -0.4 is 4.90 Å². The van der Waals surface area contributed by atoms with Crippen LogP contribution in [-0.2, 0) is 12.8 Å². The number of hydrogen-bond donors (Lipinski definition) is 0. The molecule has 3 aromatic rings. The van der Waals surface area contributed by atoms with Crippen molar-refractivity contribution in [1.29, 1.82) is 0 Å². The molecule has 148 valence electrons. The number of piperazine rings is 1. The SMILES string of the molecule is Cc1nc(-c2ccccc2)sc1C(=O)N1CCN(c2cc3c(nn2)CCC3)CC1. The number of thiazole rings is 1. The normalized spacial score (nSPS) is 16.2. The Balaban J connectivity index is 1.27. The van der Waals surface area contributed by atoms with E-state index in [1.54, 1.807) is 0 Å². The molecule has 0 unspecified atom stereocenters. The standard InChI is InChI=1S/C22H23N5OS/c1-15-20(29-21(23-15)16-6-3-2-4-7-16)22(28)27-12-10-26(11-13-27)19-14-17-8-5-9-18(17)24-25-19/h2-4,6-7,14H,5,8-13H2,1H3. The third kappa shape index (κ3) is 3.51. The van der Waals surface area contributed by atoms with Crippen molar-refractivity contribution in [3.63, 3.8) is 0 Å². The Kier molecular flexibility index (Phi) is 4.75. The fourth-order valence-corrected chi connectivity index (χ4v) is 5.09. The van der Waals surface area contributed by atoms with Gasteiger partial charge in [0.25, 0.3) is 5.91 Å². The molecule has 1 amide bonds. The summed E-state index contributed by atoms with van der Waals surface area (Å²) in [5.74, 6) is 1.03. The molecule has 6 nitrogen and oxygen atoms in total. The summed E-state index contributed by atoms with van der Waals surface area (Å²) in [6, 6.07) is 12.2. The van der Waals surface area contributed by atoms with Gasteiger partial charge in [-0.05, 0) is 37.8 Å². The van der Waals surface area contributed by atoms with Crippen LogP contribution in [-0.4, -0.2) is 52.2 Å². The molecule has 0 bridgehead atoms. The van der Waals surface area contributed by atoms with Gasteiger partial charge in [-0.3, -0.25) is 4.79 Å². The highest BCUT2D eigenvalue weighted by molar-refractivity contribution is 7.17. The minimum Gasteiger partial charge on any atom is -0.352 e. The van der Waals surface area contributed by atoms with Crippen molar-refractivity contribution in [3.8, 4) is 10.6 Å². The summed E-state index contributed by atoms with van der Waals surface area (Å²) < 4.78 is 0. The number of rotatable bonds is 3. The molecule has 0 atom stereocenters. The van der Waals surface area contributed by atoms with Crippen LogP contribution in [0.3, 0.4) is 0 Å². The van der Waals surface area contributed by atoms with Crippen LogP contribution in [0.2, 0.25) is 0 Å². The second kappa shape index (κ2) is 7.55. The second-order valence-corrected chi connectivity index (χ2v) is 8.61. The first-order valence-electron chi connectivity index (χ1n) is 10.1. The lowest BCUT2D eigenvalue weighted by Gasteiger charge is -2.35. The third-order valence-electron chi connectivity index (χ3n) is 5.71. The predicted molar refractivity (Wildman–Crippen MR) is 114 cm³/mol. The first-order chi connectivity index (χ1) is 14.2. The molecule has 7 heteroatoms. The Morgan fingerprint density at radius 2 is 1.83 bits per heavy atom. The van der Waals surface area contributed by atoms with E-state index in [1.165, 1.54) is 23.3 Å². The second-order valence-electron chi connectivity index (χ2n) is 7.61. The van der Waals surface area contributed by atoms with Gasteiger partial charge in [0.2, 0.25) is 0 Å². The number of aryl methyl sites for hydroxylation is 3. The van der Waals surface area contributed by atoms with Crippen LogP contribution >= 0.6 is 11.3 Å². The minimum absolute atomic E-state index is 0.0851. The number of nitrogens with zero attached hydrogens (tertiary/aromatic N) is 5. The molecule has 1 aliphatic heterocycles. The number of hydrogen-bond acceptors (Lipinski definition) is 6. The highest BCUT2D eigenvalue weighted by Crippen LogP contribution is 2.29. The van der Waals surface area contributed by atoms with Gasteiger partial charge < -0.3 is 9.80 Å². The maximum absolute atomic E-state index is 13.1. The molecule has 29 heavy (non-hydrogen) atoms. The molecule has 1 aromatic carbocycles. The van der Waals surface area contributed by atoms with Crippen molar-refractivity contribution in [1.82, 2.24) is 20.1 Å². The molecule has 0 saturated carbocycles. The lowest BCUT2D eigenvalue weighted by Crippen LogP contribution is -2.49. The van der Waals surface area contributed by atoms with Crippen LogP contribution in [0.15, 0.2) is 36.4 Å². The third-order valence-corrected chi connectivity index (χ3v) is 6.90. The molecule has 2 aliphatic rings. The van der Waals surface area contributed by atoms with E-state index in [0.717, 1.165) is 58.6 Å². The van der Waals surface area contributed by atoms with Crippen LogP contribution in [0, 0.1) is 6.92 Å². The van der Waals surface area contributed by atoms with Crippen LogP contribution in [0.5, 0.6) is 0 Å². The van der Waals surface area contributed by atoms with Crippen molar-refractivity contribution < 1.29 is 4.79 Å². The van der Waals surface area contributed by atoms with Crippen molar-refractivity contribution in [2.75, 3.05) is 31.1 Å². The maximum atomic E-state index is 13.1. The first-order valence-corrected chi connectivity index (χ1v) is 10.9. The number of amides is 1. The Bertz CT molecular complexity index is 1040. The average molecular weight is 406 g/mol. The molecule has 0 N–H and O–H groups in total. The molecule has 1 aliphatic carbocycles. The van der Waals surface area contributed by atoms with Gasteiger partial charge in [-0.1, -0.05) is 30.3 Å². The summed E-state index contributed by atoms with van der Waals surface area (Å²) >= 11 is 1.49. The largest absolute Gasteiger partial charge is 0.352 e. The number of carbonyl (C=O) groups excluding carboxylic acids is 1. The molecule has 0 radical (unpaired) electrons. The van der Waals surface area contributed by atoms with E-state index >= 15 is 0 Å². The smallest absolute Gasteiger partial charge is 0.265 e. The summed E-state index contributed by atoms with van der Waals surface area (Å²) in [4.78, 5) is 22.7. The van der Waals surface area contributed by atoms with E-state index in [9.17, 15) is 4.79 Å². The Morgan fingerprint density at radius 1 is 1.03 bits per heavy atom. The minimum atomic E-state index is 0.0851. The molecule has 0 spiro atoms. The van der Waals surface area contributed by atoms with Crippen molar-refractivity contribution >= 4 is 23.1 Å². The molecular weight excluding hydrogens is 382 g/mol. The van der Waals surface area contributed by atoms with Gasteiger partial charge in [0.15, 0.2) is 5.82 Å². The molecule has 2 aromatic heterocycles. The van der Waals surface area contributed by atoms with Gasteiger partial charge >= 0.3 is 0 Å². The summed E-state index contributed by atoms with van der Waals surface area (Å²) in [6.45, 7) is 4.86. The molecule has 1 fully saturated rings. The van der Waals surface area contributed by atoms with E-state index in [0.29, 0.717) is 13.1 Å². The average Bonchev–Trinajstić information content (AvgIpc) is 3.40. The first kappa shape index (κ1) is 18.2. The Labute approximate surface area is 174 Å². The Morgan fingerprint density at radius 3 is 2.62 bits per heavy atom. The van der Waals surface area contributed by atoms with Gasteiger partial charge in [0.05, 0.1) is 11.4 Å². The summed E-state index contributed by atoms with van der Waals surface area (Å²) in [7, 11) is 0. The van der Waals surface area contributed by atoms with E-state index in [2.05, 4.69) is 26.1 Å². The fourth-order valence-electron chi connectivity index (χ4n) is 4.05. The van der Waals surface area contributed by atoms with Gasteiger partial charge in [0.1, 0.15) is 9.88 Å². The topological polar surface area (TPSA) is 62.2 Å². The molecule has 5 rings (SSSR count). The zero-order chi connectivity index (χ0) is 19.8. The highest BCUT2D eigenvalue weighted by atomic mass is 32.1. The predicted octanol–water partition coefficient (Wildman–Crippen LogP) is 3.36. The molecule has 1 saturated heterocycles. The molecule has 3 heterocycles. The van der Waals surface area contributed by atoms with Crippen LogP contribution in [0.25, 0.3) is 10.6 Å². The zero-order valence-corrected chi connectivity index (χ0v) is 17.3. The number of fused-ring (bicyclic) bond motifs is 1. The van der Waals surface area contributed by atoms with Crippen molar-refractivity contribution in [2.45, 2.75) is 26.2 Å². The van der Waals surface area contributed by atoms with Crippen molar-refractivity contribution in [3.05, 3.63) is 58.2 Å².